The van der Waals surface area contributed by atoms with Gasteiger partial charge in [0.25, 0.3) is 0 Å². The molecule has 0 amide bonds. The highest BCUT2D eigenvalue weighted by Gasteiger charge is 2.48. The van der Waals surface area contributed by atoms with E-state index in [1.54, 1.807) is 0 Å². The molecule has 11 aromatic rings. The van der Waals surface area contributed by atoms with Gasteiger partial charge in [-0.1, -0.05) is 170 Å². The van der Waals surface area contributed by atoms with Crippen LogP contribution in [-0.2, 0) is 0 Å². The lowest BCUT2D eigenvalue weighted by molar-refractivity contribution is 0.531. The van der Waals surface area contributed by atoms with E-state index >= 15 is 8.63 Å². The Labute approximate surface area is 346 Å². The average molecular weight is 773 g/mol. The molecule has 1 aliphatic heterocycles. The van der Waals surface area contributed by atoms with Gasteiger partial charge in [0.2, 0.25) is 0 Å². The number of rotatable bonds is 5. The van der Waals surface area contributed by atoms with Crippen LogP contribution in [0.25, 0.3) is 87.9 Å². The van der Waals surface area contributed by atoms with Gasteiger partial charge in [0, 0.05) is 62.6 Å². The van der Waals surface area contributed by atoms with Crippen molar-refractivity contribution in [3.8, 4) is 44.5 Å². The quantitative estimate of drug-likeness (QED) is 0.122. The summed E-state index contributed by atoms with van der Waals surface area (Å²) in [5.41, 5.74) is 10.5. The molecule has 2 aromatic heterocycles. The molecule has 2 nitrogen and oxygen atoms in total. The second kappa shape index (κ2) is 13.2. The molecule has 0 saturated heterocycles. The van der Waals surface area contributed by atoms with Crippen molar-refractivity contribution in [2.24, 2.45) is 0 Å². The summed E-state index contributed by atoms with van der Waals surface area (Å²) >= 11 is 0. The van der Waals surface area contributed by atoms with Gasteiger partial charge in [-0.05, 0) is 67.7 Å². The van der Waals surface area contributed by atoms with Gasteiger partial charge in [0.05, 0.1) is 17.0 Å². The molecule has 0 atom stereocenters. The summed E-state index contributed by atoms with van der Waals surface area (Å²) in [6, 6.07) is 71.4. The minimum absolute atomic E-state index is 0.498. The first-order valence-corrected chi connectivity index (χ1v) is 20.5. The van der Waals surface area contributed by atoms with Crippen molar-refractivity contribution in [2.75, 3.05) is 0 Å². The third-order valence-electron chi connectivity index (χ3n) is 12.5. The van der Waals surface area contributed by atoms with Crippen molar-refractivity contribution < 1.29 is 8.63 Å². The summed E-state index contributed by atoms with van der Waals surface area (Å²) in [4.78, 5) is 0. The van der Waals surface area contributed by atoms with Gasteiger partial charge >= 0.3 is 6.97 Å². The van der Waals surface area contributed by atoms with Crippen molar-refractivity contribution in [1.82, 2.24) is 8.96 Å². The van der Waals surface area contributed by atoms with Crippen molar-refractivity contribution >= 4 is 50.3 Å². The van der Waals surface area contributed by atoms with E-state index in [1.165, 1.54) is 8.96 Å². The molecule has 0 N–H and O–H groups in total. The Morgan fingerprint density at radius 3 is 1.18 bits per heavy atom. The van der Waals surface area contributed by atoms with Crippen LogP contribution in [0.4, 0.5) is 8.63 Å². The van der Waals surface area contributed by atoms with E-state index < -0.39 is 6.97 Å². The third-order valence-corrected chi connectivity index (χ3v) is 12.5. The summed E-state index contributed by atoms with van der Waals surface area (Å²) in [7, 11) is 0. The Hall–Kier alpha value is -7.63. The second-order valence-electron chi connectivity index (χ2n) is 15.7. The average Bonchev–Trinajstić information content (AvgIpc) is 3.92. The first-order valence-electron chi connectivity index (χ1n) is 20.5. The van der Waals surface area contributed by atoms with E-state index in [0.717, 1.165) is 88.3 Å². The van der Waals surface area contributed by atoms with Gasteiger partial charge in [-0.15, -0.1) is 0 Å². The van der Waals surface area contributed by atoms with Crippen LogP contribution in [0.2, 0.25) is 0 Å². The zero-order valence-corrected chi connectivity index (χ0v) is 32.4. The van der Waals surface area contributed by atoms with E-state index in [1.807, 2.05) is 158 Å². The number of benzene rings is 9. The number of hydrogen-bond acceptors (Lipinski definition) is 0. The van der Waals surface area contributed by atoms with Crippen LogP contribution < -0.4 is 0 Å². The zero-order valence-electron chi connectivity index (χ0n) is 32.4. The van der Waals surface area contributed by atoms with Gasteiger partial charge < -0.3 is 17.6 Å². The van der Waals surface area contributed by atoms with E-state index in [-0.39, 0.29) is 0 Å². The topological polar surface area (TPSA) is 9.86 Å². The Morgan fingerprint density at radius 1 is 0.317 bits per heavy atom. The van der Waals surface area contributed by atoms with Gasteiger partial charge in [0.15, 0.2) is 0 Å². The molecule has 0 saturated carbocycles. The largest absolute Gasteiger partial charge is 0.535 e. The molecular formula is C55H35BF2N2. The standard InChI is InChI=1S/C55H35BF2N2/c57-56(58)59-48(35-46-51(38-24-10-3-11-25-38)49(36-20-6-1-7-21-36)43-32-18-19-33-44(43)54(46)59)52(39-26-12-4-13-27-39)47-34-45-41-30-16-17-31-42(41)50(37-22-8-2-9-23-37)53(55(45)60(47)56)40-28-14-5-15-29-40/h1-35H. The van der Waals surface area contributed by atoms with Crippen molar-refractivity contribution in [1.29, 1.82) is 0 Å². The van der Waals surface area contributed by atoms with E-state index in [0.29, 0.717) is 22.4 Å². The van der Waals surface area contributed by atoms with E-state index in [9.17, 15) is 0 Å². The first-order chi connectivity index (χ1) is 29.6. The van der Waals surface area contributed by atoms with Crippen LogP contribution in [0.3, 0.4) is 0 Å². The number of hydrogen-bond donors (Lipinski definition) is 0. The second-order valence-corrected chi connectivity index (χ2v) is 15.7. The van der Waals surface area contributed by atoms with Crippen LogP contribution in [0.5, 0.6) is 0 Å². The van der Waals surface area contributed by atoms with Crippen LogP contribution in [-0.4, -0.2) is 15.9 Å². The predicted octanol–water partition coefficient (Wildman–Crippen LogP) is 14.7. The highest BCUT2D eigenvalue weighted by atomic mass is 19.2. The fraction of sp³-hybridized carbons (Fsp3) is 0. The highest BCUT2D eigenvalue weighted by molar-refractivity contribution is 6.66. The lowest BCUT2D eigenvalue weighted by Gasteiger charge is -2.39. The number of aromatic nitrogens is 2. The number of fused-ring (bicyclic) bond motifs is 10. The minimum atomic E-state index is -4.54. The Morgan fingerprint density at radius 2 is 0.667 bits per heavy atom. The summed E-state index contributed by atoms with van der Waals surface area (Å²) < 4.78 is 41.0. The molecule has 0 aliphatic carbocycles. The number of nitrogens with zero attached hydrogens (tertiary/aromatic N) is 2. The summed E-state index contributed by atoms with van der Waals surface area (Å²) in [6.45, 7) is -4.54. The SMILES string of the molecule is F[B-]1(F)n2c(cc3c4ccccc4c(-c4ccccc4)c(-c4ccccc4)c32)[C+](c2ccccc2)c2cc3c(-c4ccccc4)c(-c4ccccc4)c4ccccc4c3n21. The molecule has 0 unspecified atom stereocenters. The van der Waals surface area contributed by atoms with Crippen molar-refractivity contribution in [2.45, 2.75) is 0 Å². The smallest absolute Gasteiger partial charge is 0.437 e. The monoisotopic (exact) mass is 772 g/mol. The van der Waals surface area contributed by atoms with Crippen LogP contribution in [0, 0.1) is 5.92 Å². The maximum atomic E-state index is 19.1. The Balaban J connectivity index is 1.30. The number of halogens is 2. The fourth-order valence-electron chi connectivity index (χ4n) is 10.1. The first kappa shape index (κ1) is 34.4. The van der Waals surface area contributed by atoms with Gasteiger partial charge in [0.1, 0.15) is 5.92 Å². The lowest BCUT2D eigenvalue weighted by Crippen LogP contribution is -2.49. The lowest BCUT2D eigenvalue weighted by atomic mass is 9.82. The molecule has 1 aliphatic rings. The zero-order chi connectivity index (χ0) is 40.0. The molecule has 60 heavy (non-hydrogen) atoms. The molecular weight excluding hydrogens is 737 g/mol. The van der Waals surface area contributed by atoms with Crippen molar-refractivity contribution in [3.63, 3.8) is 0 Å². The molecule has 5 heteroatoms. The van der Waals surface area contributed by atoms with Crippen LogP contribution in [0.1, 0.15) is 17.0 Å². The molecule has 0 radical (unpaired) electrons. The normalized spacial score (nSPS) is 13.3. The van der Waals surface area contributed by atoms with Gasteiger partial charge in [-0.25, -0.2) is 0 Å². The molecule has 282 valence electrons. The Kier molecular flexibility index (Phi) is 7.57. The molecule has 0 fully saturated rings. The Bertz CT molecular complexity index is 3430. The van der Waals surface area contributed by atoms with Crippen molar-refractivity contribution in [3.05, 3.63) is 235 Å². The van der Waals surface area contributed by atoms with Gasteiger partial charge in [-0.3, -0.25) is 0 Å². The molecule has 12 rings (SSSR count). The summed E-state index contributed by atoms with van der Waals surface area (Å²) in [5.74, 6) is 0.768. The summed E-state index contributed by atoms with van der Waals surface area (Å²) in [5, 5.41) is 5.25. The third kappa shape index (κ3) is 4.90. The summed E-state index contributed by atoms with van der Waals surface area (Å²) in [6.07, 6.45) is 0. The predicted molar refractivity (Wildman–Crippen MR) is 246 cm³/mol. The molecule has 3 heterocycles. The highest BCUT2D eigenvalue weighted by Crippen LogP contribution is 2.54. The van der Waals surface area contributed by atoms with Crippen LogP contribution >= 0.6 is 0 Å². The molecule has 9 aromatic carbocycles. The fourth-order valence-corrected chi connectivity index (χ4v) is 10.1. The van der Waals surface area contributed by atoms with Gasteiger partial charge in [-0.2, -0.15) is 0 Å². The van der Waals surface area contributed by atoms with E-state index in [2.05, 4.69) is 54.6 Å². The maximum absolute atomic E-state index is 19.1. The molecule has 0 spiro atoms. The van der Waals surface area contributed by atoms with E-state index in [4.69, 9.17) is 0 Å². The maximum Gasteiger partial charge on any atom is 0.535 e. The minimum Gasteiger partial charge on any atom is -0.437 e. The molecule has 0 bridgehead atoms. The van der Waals surface area contributed by atoms with Crippen LogP contribution in [0.15, 0.2) is 212 Å².